The minimum atomic E-state index is -0.276. The van der Waals surface area contributed by atoms with Crippen molar-refractivity contribution >= 4 is 22.5 Å². The fourth-order valence-corrected chi connectivity index (χ4v) is 2.13. The van der Waals surface area contributed by atoms with Crippen LogP contribution in [0.25, 0.3) is 10.9 Å². The first-order valence-electron chi connectivity index (χ1n) is 6.57. The van der Waals surface area contributed by atoms with E-state index in [-0.39, 0.29) is 5.91 Å². The second-order valence-electron chi connectivity index (χ2n) is 4.63. The lowest BCUT2D eigenvalue weighted by Crippen LogP contribution is -2.19. The first-order chi connectivity index (χ1) is 10.3. The normalized spacial score (nSPS) is 11.6. The van der Waals surface area contributed by atoms with E-state index in [1.54, 1.807) is 18.3 Å². The van der Waals surface area contributed by atoms with Crippen molar-refractivity contribution in [2.24, 2.45) is 5.10 Å². The molecule has 0 unspecified atom stereocenters. The number of amides is 1. The number of aromatic nitrogens is 2. The highest BCUT2D eigenvalue weighted by molar-refractivity contribution is 6.10. The van der Waals surface area contributed by atoms with Gasteiger partial charge in [0.2, 0.25) is 0 Å². The average Bonchev–Trinajstić information content (AvgIpc) is 2.97. The molecule has 0 saturated carbocycles. The van der Waals surface area contributed by atoms with Crippen LogP contribution in [-0.4, -0.2) is 21.6 Å². The number of para-hydroxylation sites is 1. The highest BCUT2D eigenvalue weighted by atomic mass is 16.2. The molecule has 0 aliphatic heterocycles. The highest BCUT2D eigenvalue weighted by Crippen LogP contribution is 2.18. The fraction of sp³-hybridized carbons (Fsp3) is 0.0625. The summed E-state index contributed by atoms with van der Waals surface area (Å²) in [5.41, 5.74) is 5.78. The van der Waals surface area contributed by atoms with Gasteiger partial charge >= 0.3 is 0 Å². The number of nitrogens with one attached hydrogen (secondary N) is 2. The molecule has 2 aromatic heterocycles. The molecule has 5 heteroatoms. The predicted octanol–water partition coefficient (Wildman–Crippen LogP) is 2.72. The van der Waals surface area contributed by atoms with Crippen molar-refractivity contribution in [3.05, 3.63) is 66.1 Å². The minimum Gasteiger partial charge on any atom is -0.360 e. The number of carbonyl (C=O) groups excluding carboxylic acids is 1. The molecule has 0 atom stereocenters. The van der Waals surface area contributed by atoms with E-state index in [4.69, 9.17) is 0 Å². The summed E-state index contributed by atoms with van der Waals surface area (Å²) in [5, 5.41) is 5.24. The van der Waals surface area contributed by atoms with E-state index < -0.39 is 0 Å². The SMILES string of the molecule is C/C(=N/NC(=O)c1cccnc1)c1c[nH]c2ccccc12. The standard InChI is InChI=1S/C16H14N4O/c1-11(14-10-18-15-7-3-2-6-13(14)15)19-20-16(21)12-5-4-8-17-9-12/h2-10,18H,1H3,(H,20,21)/b19-11-. The molecule has 5 nitrogen and oxygen atoms in total. The van der Waals surface area contributed by atoms with E-state index in [1.165, 1.54) is 6.20 Å². The Morgan fingerprint density at radius 3 is 2.90 bits per heavy atom. The molecule has 104 valence electrons. The van der Waals surface area contributed by atoms with Gasteiger partial charge in [0.1, 0.15) is 0 Å². The van der Waals surface area contributed by atoms with Gasteiger partial charge < -0.3 is 4.98 Å². The van der Waals surface area contributed by atoms with Crippen LogP contribution in [0.4, 0.5) is 0 Å². The smallest absolute Gasteiger partial charge is 0.272 e. The minimum absolute atomic E-state index is 0.276. The summed E-state index contributed by atoms with van der Waals surface area (Å²) in [6, 6.07) is 11.4. The maximum atomic E-state index is 11.9. The van der Waals surface area contributed by atoms with Gasteiger partial charge in [0.25, 0.3) is 5.91 Å². The Morgan fingerprint density at radius 2 is 2.10 bits per heavy atom. The zero-order chi connectivity index (χ0) is 14.7. The number of fused-ring (bicyclic) bond motifs is 1. The van der Waals surface area contributed by atoms with Gasteiger partial charge in [0.05, 0.1) is 11.3 Å². The molecule has 0 spiro atoms. The van der Waals surface area contributed by atoms with E-state index >= 15 is 0 Å². The second kappa shape index (κ2) is 5.58. The van der Waals surface area contributed by atoms with Gasteiger partial charge in [-0.3, -0.25) is 9.78 Å². The summed E-state index contributed by atoms with van der Waals surface area (Å²) in [6.45, 7) is 1.86. The van der Waals surface area contributed by atoms with Gasteiger partial charge in [-0.05, 0) is 25.1 Å². The van der Waals surface area contributed by atoms with E-state index in [9.17, 15) is 4.79 Å². The molecule has 0 aliphatic carbocycles. The van der Waals surface area contributed by atoms with Crippen molar-refractivity contribution in [1.82, 2.24) is 15.4 Å². The molecule has 0 radical (unpaired) electrons. The summed E-state index contributed by atoms with van der Waals surface area (Å²) in [7, 11) is 0. The summed E-state index contributed by atoms with van der Waals surface area (Å²) in [5.74, 6) is -0.276. The Balaban J connectivity index is 1.82. The molecule has 21 heavy (non-hydrogen) atoms. The maximum absolute atomic E-state index is 11.9. The maximum Gasteiger partial charge on any atom is 0.272 e. The van der Waals surface area contributed by atoms with Gasteiger partial charge in [-0.1, -0.05) is 18.2 Å². The Hall–Kier alpha value is -2.95. The van der Waals surface area contributed by atoms with Crippen LogP contribution in [0.2, 0.25) is 0 Å². The van der Waals surface area contributed by atoms with Crippen molar-refractivity contribution < 1.29 is 4.79 Å². The number of carbonyl (C=O) groups is 1. The second-order valence-corrected chi connectivity index (χ2v) is 4.63. The van der Waals surface area contributed by atoms with E-state index in [1.807, 2.05) is 37.4 Å². The van der Waals surface area contributed by atoms with E-state index in [0.29, 0.717) is 5.56 Å². The lowest BCUT2D eigenvalue weighted by Gasteiger charge is -2.01. The summed E-state index contributed by atoms with van der Waals surface area (Å²) < 4.78 is 0. The molecule has 0 aliphatic rings. The van der Waals surface area contributed by atoms with Gasteiger partial charge in [-0.25, -0.2) is 5.43 Å². The molecule has 1 aromatic carbocycles. The monoisotopic (exact) mass is 278 g/mol. The summed E-state index contributed by atoms with van der Waals surface area (Å²) >= 11 is 0. The number of pyridine rings is 1. The molecule has 0 bridgehead atoms. The van der Waals surface area contributed by atoms with Crippen molar-refractivity contribution in [3.8, 4) is 0 Å². The van der Waals surface area contributed by atoms with Crippen LogP contribution in [-0.2, 0) is 0 Å². The van der Waals surface area contributed by atoms with Crippen LogP contribution in [0.5, 0.6) is 0 Å². The van der Waals surface area contributed by atoms with E-state index in [0.717, 1.165) is 22.2 Å². The number of aromatic amines is 1. The van der Waals surface area contributed by atoms with Gasteiger partial charge in [0.15, 0.2) is 0 Å². The zero-order valence-electron chi connectivity index (χ0n) is 11.5. The molecule has 3 aromatic rings. The van der Waals surface area contributed by atoms with Crippen molar-refractivity contribution in [2.45, 2.75) is 6.92 Å². The molecule has 0 saturated heterocycles. The number of hydrogen-bond donors (Lipinski definition) is 2. The van der Waals surface area contributed by atoms with Crippen LogP contribution in [0.1, 0.15) is 22.8 Å². The van der Waals surface area contributed by atoms with Crippen LogP contribution in [0.3, 0.4) is 0 Å². The quantitative estimate of drug-likeness (QED) is 0.571. The largest absolute Gasteiger partial charge is 0.360 e. The van der Waals surface area contributed by atoms with E-state index in [2.05, 4.69) is 20.5 Å². The topological polar surface area (TPSA) is 70.1 Å². The Labute approximate surface area is 121 Å². The molecule has 1 amide bonds. The molecular formula is C16H14N4O. The number of hydrogen-bond acceptors (Lipinski definition) is 3. The molecule has 2 N–H and O–H groups in total. The number of rotatable bonds is 3. The predicted molar refractivity (Wildman–Crippen MR) is 82.2 cm³/mol. The Morgan fingerprint density at radius 1 is 1.24 bits per heavy atom. The first-order valence-corrected chi connectivity index (χ1v) is 6.57. The van der Waals surface area contributed by atoms with Crippen molar-refractivity contribution in [1.29, 1.82) is 0 Å². The number of benzene rings is 1. The summed E-state index contributed by atoms with van der Waals surface area (Å²) in [6.07, 6.45) is 5.02. The van der Waals surface area contributed by atoms with Crippen molar-refractivity contribution in [2.75, 3.05) is 0 Å². The van der Waals surface area contributed by atoms with Crippen LogP contribution >= 0.6 is 0 Å². The third-order valence-corrected chi connectivity index (χ3v) is 3.23. The van der Waals surface area contributed by atoms with Gasteiger partial charge in [-0.2, -0.15) is 5.10 Å². The zero-order valence-corrected chi connectivity index (χ0v) is 11.5. The Kier molecular flexibility index (Phi) is 3.47. The molecular weight excluding hydrogens is 264 g/mol. The lowest BCUT2D eigenvalue weighted by molar-refractivity contribution is 0.0954. The van der Waals surface area contributed by atoms with Crippen LogP contribution in [0, 0.1) is 0 Å². The summed E-state index contributed by atoms with van der Waals surface area (Å²) in [4.78, 5) is 19.0. The van der Waals surface area contributed by atoms with Gasteiger partial charge in [-0.15, -0.1) is 0 Å². The highest BCUT2D eigenvalue weighted by Gasteiger charge is 2.07. The number of H-pyrrole nitrogens is 1. The lowest BCUT2D eigenvalue weighted by atomic mass is 10.1. The molecule has 0 fully saturated rings. The van der Waals surface area contributed by atoms with Crippen LogP contribution in [0.15, 0.2) is 60.1 Å². The van der Waals surface area contributed by atoms with Gasteiger partial charge in [0, 0.05) is 35.1 Å². The number of hydrazone groups is 1. The third-order valence-electron chi connectivity index (χ3n) is 3.23. The fourth-order valence-electron chi connectivity index (χ4n) is 2.13. The van der Waals surface area contributed by atoms with Crippen LogP contribution < -0.4 is 5.43 Å². The van der Waals surface area contributed by atoms with Crippen molar-refractivity contribution in [3.63, 3.8) is 0 Å². The first kappa shape index (κ1) is 13.1. The molecule has 3 rings (SSSR count). The Bertz CT molecular complexity index is 805. The molecule has 2 heterocycles. The average molecular weight is 278 g/mol. The third kappa shape index (κ3) is 2.67. The number of nitrogens with zero attached hydrogens (tertiary/aromatic N) is 2.